The smallest absolute Gasteiger partial charge is 0.313 e. The summed E-state index contributed by atoms with van der Waals surface area (Å²) in [6, 6.07) is 11.0. The quantitative estimate of drug-likeness (QED) is 0.768. The zero-order valence-corrected chi connectivity index (χ0v) is 16.0. The van der Waals surface area contributed by atoms with Gasteiger partial charge in [0.25, 0.3) is 0 Å². The summed E-state index contributed by atoms with van der Waals surface area (Å²) in [5, 5.41) is 7.95. The average molecular weight is 392 g/mol. The van der Waals surface area contributed by atoms with Gasteiger partial charge in [0.2, 0.25) is 0 Å². The number of thiophene rings is 1. The van der Waals surface area contributed by atoms with Gasteiger partial charge in [-0.05, 0) is 67.6 Å². The Kier molecular flexibility index (Phi) is 6.66. The van der Waals surface area contributed by atoms with Crippen molar-refractivity contribution in [2.75, 3.05) is 31.5 Å². The lowest BCUT2D eigenvalue weighted by Crippen LogP contribution is -2.42. The Morgan fingerprint density at radius 1 is 1.12 bits per heavy atom. The summed E-state index contributed by atoms with van der Waals surface area (Å²) in [6.07, 6.45) is 2.29. The third kappa shape index (κ3) is 5.30. The van der Waals surface area contributed by atoms with E-state index in [4.69, 9.17) is 11.6 Å². The Hall–Kier alpha value is -1.89. The largest absolute Gasteiger partial charge is 0.347 e. The normalized spacial score (nSPS) is 15.6. The van der Waals surface area contributed by atoms with E-state index in [1.165, 1.54) is 4.88 Å². The number of nitrogens with zero attached hydrogens (tertiary/aromatic N) is 1. The summed E-state index contributed by atoms with van der Waals surface area (Å²) >= 11 is 7.62. The summed E-state index contributed by atoms with van der Waals surface area (Å²) < 4.78 is 0. The molecule has 2 aromatic rings. The Morgan fingerprint density at radius 2 is 1.85 bits per heavy atom. The molecule has 5 nitrogen and oxygen atoms in total. The van der Waals surface area contributed by atoms with Crippen LogP contribution in [0.3, 0.4) is 0 Å². The van der Waals surface area contributed by atoms with Gasteiger partial charge in [0, 0.05) is 28.7 Å². The van der Waals surface area contributed by atoms with Gasteiger partial charge in [0.15, 0.2) is 0 Å². The first-order valence-electron chi connectivity index (χ1n) is 8.72. The van der Waals surface area contributed by atoms with Crippen LogP contribution in [-0.2, 0) is 9.59 Å². The summed E-state index contributed by atoms with van der Waals surface area (Å²) in [6.45, 7) is 3.28. The maximum absolute atomic E-state index is 11.9. The highest BCUT2D eigenvalue weighted by Gasteiger charge is 2.21. The molecule has 1 saturated heterocycles. The SMILES string of the molecule is O=C(NCCN1CCC(c2cccs2)CC1)C(=O)Nc1ccc(Cl)cc1. The van der Waals surface area contributed by atoms with Crippen molar-refractivity contribution in [3.05, 3.63) is 51.7 Å². The van der Waals surface area contributed by atoms with Crippen molar-refractivity contribution in [2.45, 2.75) is 18.8 Å². The number of carbonyl (C=O) groups is 2. The van der Waals surface area contributed by atoms with E-state index in [1.54, 1.807) is 24.3 Å². The predicted octanol–water partition coefficient (Wildman–Crippen LogP) is 3.34. The van der Waals surface area contributed by atoms with Crippen LogP contribution in [0.1, 0.15) is 23.6 Å². The highest BCUT2D eigenvalue weighted by Crippen LogP contribution is 2.30. The van der Waals surface area contributed by atoms with E-state index in [0.717, 1.165) is 32.5 Å². The first-order chi connectivity index (χ1) is 12.6. The number of benzene rings is 1. The molecule has 1 aromatic heterocycles. The predicted molar refractivity (Wildman–Crippen MR) is 106 cm³/mol. The molecule has 1 aromatic carbocycles. The molecule has 0 spiro atoms. The number of rotatable bonds is 5. The number of likely N-dealkylation sites (tertiary alicyclic amines) is 1. The molecular weight excluding hydrogens is 370 g/mol. The monoisotopic (exact) mass is 391 g/mol. The molecule has 138 valence electrons. The number of anilines is 1. The summed E-state index contributed by atoms with van der Waals surface area (Å²) in [7, 11) is 0. The molecule has 1 aliphatic heterocycles. The Labute approximate surface area is 162 Å². The molecule has 3 rings (SSSR count). The molecule has 0 aliphatic carbocycles. The molecule has 0 bridgehead atoms. The molecule has 2 amide bonds. The Morgan fingerprint density at radius 3 is 2.50 bits per heavy atom. The number of carbonyl (C=O) groups excluding carboxylic acids is 2. The molecule has 0 unspecified atom stereocenters. The van der Waals surface area contributed by atoms with Crippen molar-refractivity contribution in [1.82, 2.24) is 10.2 Å². The minimum Gasteiger partial charge on any atom is -0.347 e. The standard InChI is InChI=1S/C19H22ClN3O2S/c20-15-3-5-16(6-4-15)22-19(25)18(24)21-9-12-23-10-7-14(8-11-23)17-2-1-13-26-17/h1-6,13-14H,7-12H2,(H,21,24)(H,22,25). The zero-order valence-electron chi connectivity index (χ0n) is 14.4. The highest BCUT2D eigenvalue weighted by molar-refractivity contribution is 7.10. The van der Waals surface area contributed by atoms with Crippen LogP contribution in [-0.4, -0.2) is 42.9 Å². The molecule has 2 N–H and O–H groups in total. The summed E-state index contributed by atoms with van der Waals surface area (Å²) in [5.41, 5.74) is 0.546. The van der Waals surface area contributed by atoms with Crippen LogP contribution in [0.25, 0.3) is 0 Å². The van der Waals surface area contributed by atoms with Crippen LogP contribution in [0.2, 0.25) is 5.02 Å². The van der Waals surface area contributed by atoms with Gasteiger partial charge in [-0.2, -0.15) is 0 Å². The van der Waals surface area contributed by atoms with E-state index >= 15 is 0 Å². The van der Waals surface area contributed by atoms with Gasteiger partial charge in [0.05, 0.1) is 0 Å². The molecule has 0 radical (unpaired) electrons. The first kappa shape index (κ1) is 18.9. The second kappa shape index (κ2) is 9.16. The molecule has 1 fully saturated rings. The van der Waals surface area contributed by atoms with Crippen molar-refractivity contribution >= 4 is 40.4 Å². The minimum atomic E-state index is -0.663. The fraction of sp³-hybridized carbons (Fsp3) is 0.368. The molecule has 0 atom stereocenters. The number of hydrogen-bond acceptors (Lipinski definition) is 4. The lowest BCUT2D eigenvalue weighted by molar-refractivity contribution is -0.136. The topological polar surface area (TPSA) is 61.4 Å². The van der Waals surface area contributed by atoms with Crippen LogP contribution in [0.5, 0.6) is 0 Å². The highest BCUT2D eigenvalue weighted by atomic mass is 35.5. The number of nitrogens with one attached hydrogen (secondary N) is 2. The van der Waals surface area contributed by atoms with Crippen LogP contribution in [0.15, 0.2) is 41.8 Å². The minimum absolute atomic E-state index is 0.469. The van der Waals surface area contributed by atoms with E-state index in [1.807, 2.05) is 11.3 Å². The Balaban J connectivity index is 1.35. The van der Waals surface area contributed by atoms with Crippen molar-refractivity contribution in [1.29, 1.82) is 0 Å². The maximum Gasteiger partial charge on any atom is 0.313 e. The van der Waals surface area contributed by atoms with E-state index in [9.17, 15) is 9.59 Å². The molecular formula is C19H22ClN3O2S. The van der Waals surface area contributed by atoms with Gasteiger partial charge in [-0.25, -0.2) is 0 Å². The molecule has 26 heavy (non-hydrogen) atoms. The maximum atomic E-state index is 11.9. The van der Waals surface area contributed by atoms with Crippen molar-refractivity contribution in [3.63, 3.8) is 0 Å². The third-order valence-electron chi connectivity index (χ3n) is 4.56. The van der Waals surface area contributed by atoms with E-state index in [-0.39, 0.29) is 0 Å². The van der Waals surface area contributed by atoms with Gasteiger partial charge in [0.1, 0.15) is 0 Å². The number of piperidine rings is 1. The van der Waals surface area contributed by atoms with Gasteiger partial charge >= 0.3 is 11.8 Å². The summed E-state index contributed by atoms with van der Waals surface area (Å²) in [4.78, 5) is 27.6. The van der Waals surface area contributed by atoms with Gasteiger partial charge in [-0.15, -0.1) is 11.3 Å². The molecule has 1 aliphatic rings. The van der Waals surface area contributed by atoms with Gasteiger partial charge in [-0.3, -0.25) is 9.59 Å². The second-order valence-corrected chi connectivity index (χ2v) is 7.76. The number of halogens is 1. The zero-order chi connectivity index (χ0) is 18.4. The number of hydrogen-bond donors (Lipinski definition) is 2. The van der Waals surface area contributed by atoms with Crippen LogP contribution >= 0.6 is 22.9 Å². The van der Waals surface area contributed by atoms with E-state index in [0.29, 0.717) is 23.2 Å². The molecule has 0 saturated carbocycles. The fourth-order valence-corrected chi connectivity index (χ4v) is 4.12. The molecule has 2 heterocycles. The van der Waals surface area contributed by atoms with Crippen molar-refractivity contribution in [2.24, 2.45) is 0 Å². The van der Waals surface area contributed by atoms with Gasteiger partial charge < -0.3 is 15.5 Å². The fourth-order valence-electron chi connectivity index (χ4n) is 3.09. The second-order valence-electron chi connectivity index (χ2n) is 6.35. The lowest BCUT2D eigenvalue weighted by Gasteiger charge is -2.31. The summed E-state index contributed by atoms with van der Waals surface area (Å²) in [5.74, 6) is -0.622. The average Bonchev–Trinajstić information content (AvgIpc) is 3.19. The van der Waals surface area contributed by atoms with E-state index in [2.05, 4.69) is 33.0 Å². The number of amides is 2. The van der Waals surface area contributed by atoms with Crippen LogP contribution in [0, 0.1) is 0 Å². The first-order valence-corrected chi connectivity index (χ1v) is 9.98. The van der Waals surface area contributed by atoms with Crippen molar-refractivity contribution < 1.29 is 9.59 Å². The Bertz CT molecular complexity index is 726. The third-order valence-corrected chi connectivity index (χ3v) is 5.84. The van der Waals surface area contributed by atoms with Crippen molar-refractivity contribution in [3.8, 4) is 0 Å². The molecule has 7 heteroatoms. The van der Waals surface area contributed by atoms with Crippen LogP contribution < -0.4 is 10.6 Å². The van der Waals surface area contributed by atoms with Gasteiger partial charge in [-0.1, -0.05) is 17.7 Å². The van der Waals surface area contributed by atoms with Crippen LogP contribution in [0.4, 0.5) is 5.69 Å². The van der Waals surface area contributed by atoms with E-state index < -0.39 is 11.8 Å². The lowest BCUT2D eigenvalue weighted by atomic mass is 9.95.